The minimum atomic E-state index is 0.184. The second kappa shape index (κ2) is 8.16. The van der Waals surface area contributed by atoms with E-state index in [1.807, 2.05) is 30.3 Å². The van der Waals surface area contributed by atoms with E-state index in [0.29, 0.717) is 16.1 Å². The lowest BCUT2D eigenvalue weighted by atomic mass is 9.97. The lowest BCUT2D eigenvalue weighted by molar-refractivity contribution is 0.481. The number of hydrogen-bond acceptors (Lipinski definition) is 1. The van der Waals surface area contributed by atoms with E-state index in [0.717, 1.165) is 12.1 Å². The fraction of sp³-hybridized carbons (Fsp3) is 0.278. The molecular weight excluding hydrogens is 312 g/mol. The van der Waals surface area contributed by atoms with Crippen LogP contribution in [0.2, 0.25) is 5.02 Å². The first-order valence-corrected chi connectivity index (χ1v) is 8.22. The third-order valence-electron chi connectivity index (χ3n) is 3.34. The minimum Gasteiger partial charge on any atom is -0.356 e. The van der Waals surface area contributed by atoms with Gasteiger partial charge in [-0.1, -0.05) is 67.9 Å². The van der Waals surface area contributed by atoms with Crippen LogP contribution in [0.3, 0.4) is 0 Å². The zero-order valence-electron chi connectivity index (χ0n) is 12.8. The van der Waals surface area contributed by atoms with Gasteiger partial charge in [0.2, 0.25) is 0 Å². The van der Waals surface area contributed by atoms with E-state index >= 15 is 0 Å². The number of hydrogen-bond donors (Lipinski definition) is 2. The SMILES string of the molecule is CC(C)C[C@H](NC(=S)Nc1ccccc1Cl)c1ccccc1. The summed E-state index contributed by atoms with van der Waals surface area (Å²) in [4.78, 5) is 0. The Balaban J connectivity index is 2.07. The van der Waals surface area contributed by atoms with Gasteiger partial charge in [0.25, 0.3) is 0 Å². The summed E-state index contributed by atoms with van der Waals surface area (Å²) < 4.78 is 0. The molecule has 1 atom stereocenters. The van der Waals surface area contributed by atoms with Gasteiger partial charge in [-0.25, -0.2) is 0 Å². The van der Waals surface area contributed by atoms with Gasteiger partial charge in [0, 0.05) is 0 Å². The van der Waals surface area contributed by atoms with Crippen molar-refractivity contribution in [1.82, 2.24) is 5.32 Å². The highest BCUT2D eigenvalue weighted by Gasteiger charge is 2.14. The standard InChI is InChI=1S/C18H21ClN2S/c1-13(2)12-17(14-8-4-3-5-9-14)21-18(22)20-16-11-7-6-10-15(16)19/h3-11,13,17H,12H2,1-2H3,(H2,20,21,22)/t17-/m0/s1. The Bertz CT molecular complexity index is 613. The molecule has 0 bridgehead atoms. The van der Waals surface area contributed by atoms with E-state index in [-0.39, 0.29) is 6.04 Å². The van der Waals surface area contributed by atoms with Crippen molar-refractivity contribution < 1.29 is 0 Å². The van der Waals surface area contributed by atoms with Gasteiger partial charge >= 0.3 is 0 Å². The molecule has 0 unspecified atom stereocenters. The van der Waals surface area contributed by atoms with Crippen LogP contribution < -0.4 is 10.6 Å². The van der Waals surface area contributed by atoms with Gasteiger partial charge in [0.1, 0.15) is 0 Å². The molecule has 0 heterocycles. The number of anilines is 1. The second-order valence-corrected chi connectivity index (χ2v) is 6.49. The van der Waals surface area contributed by atoms with Crippen LogP contribution in [-0.4, -0.2) is 5.11 Å². The van der Waals surface area contributed by atoms with Crippen LogP contribution in [0.5, 0.6) is 0 Å². The van der Waals surface area contributed by atoms with Crippen LogP contribution in [0.25, 0.3) is 0 Å². The normalized spacial score (nSPS) is 12.0. The molecule has 2 nitrogen and oxygen atoms in total. The maximum absolute atomic E-state index is 6.16. The van der Waals surface area contributed by atoms with Crippen molar-refractivity contribution in [2.24, 2.45) is 5.92 Å². The Hall–Kier alpha value is -1.58. The number of rotatable bonds is 5. The van der Waals surface area contributed by atoms with Gasteiger partial charge < -0.3 is 10.6 Å². The van der Waals surface area contributed by atoms with Crippen LogP contribution in [-0.2, 0) is 0 Å². The fourth-order valence-electron chi connectivity index (χ4n) is 2.31. The smallest absolute Gasteiger partial charge is 0.171 e. The Labute approximate surface area is 142 Å². The van der Waals surface area contributed by atoms with Crippen LogP contribution in [0, 0.1) is 5.92 Å². The first-order chi connectivity index (χ1) is 10.6. The lowest BCUT2D eigenvalue weighted by Gasteiger charge is -2.23. The van der Waals surface area contributed by atoms with Gasteiger partial charge in [-0.3, -0.25) is 0 Å². The molecule has 4 heteroatoms. The molecule has 2 rings (SSSR count). The zero-order chi connectivity index (χ0) is 15.9. The molecule has 0 aliphatic carbocycles. The summed E-state index contributed by atoms with van der Waals surface area (Å²) in [6, 6.07) is 18.1. The molecule has 2 aromatic rings. The molecule has 2 N–H and O–H groups in total. The highest BCUT2D eigenvalue weighted by Crippen LogP contribution is 2.23. The molecule has 0 amide bonds. The highest BCUT2D eigenvalue weighted by molar-refractivity contribution is 7.80. The van der Waals surface area contributed by atoms with Crippen molar-refractivity contribution >= 4 is 34.6 Å². The van der Waals surface area contributed by atoms with E-state index in [1.165, 1.54) is 5.56 Å². The lowest BCUT2D eigenvalue weighted by Crippen LogP contribution is -2.33. The number of halogens is 1. The summed E-state index contributed by atoms with van der Waals surface area (Å²) in [6.45, 7) is 4.42. The quantitative estimate of drug-likeness (QED) is 0.715. The summed E-state index contributed by atoms with van der Waals surface area (Å²) in [7, 11) is 0. The summed E-state index contributed by atoms with van der Waals surface area (Å²) >= 11 is 11.6. The molecule has 22 heavy (non-hydrogen) atoms. The second-order valence-electron chi connectivity index (χ2n) is 5.67. The molecule has 0 aliphatic heterocycles. The molecule has 0 saturated heterocycles. The van der Waals surface area contributed by atoms with Crippen LogP contribution in [0.4, 0.5) is 5.69 Å². The van der Waals surface area contributed by atoms with Gasteiger partial charge in [0.05, 0.1) is 16.8 Å². The molecule has 0 spiro atoms. The van der Waals surface area contributed by atoms with E-state index in [9.17, 15) is 0 Å². The predicted octanol–water partition coefficient (Wildman–Crippen LogP) is 5.41. The van der Waals surface area contributed by atoms with Crippen molar-refractivity contribution in [2.45, 2.75) is 26.3 Å². The molecule has 116 valence electrons. The Morgan fingerprint density at radius 2 is 1.68 bits per heavy atom. The van der Waals surface area contributed by atoms with E-state index < -0.39 is 0 Å². The molecule has 0 aromatic heterocycles. The van der Waals surface area contributed by atoms with Crippen molar-refractivity contribution in [1.29, 1.82) is 0 Å². The van der Waals surface area contributed by atoms with E-state index in [2.05, 4.69) is 48.7 Å². The summed E-state index contributed by atoms with van der Waals surface area (Å²) in [5, 5.41) is 7.82. The van der Waals surface area contributed by atoms with Crippen LogP contribution in [0.1, 0.15) is 31.9 Å². The van der Waals surface area contributed by atoms with E-state index in [1.54, 1.807) is 0 Å². The number of nitrogens with one attached hydrogen (secondary N) is 2. The third kappa shape index (κ3) is 5.00. The Morgan fingerprint density at radius 1 is 1.05 bits per heavy atom. The van der Waals surface area contributed by atoms with Crippen LogP contribution in [0.15, 0.2) is 54.6 Å². The average Bonchev–Trinajstić information content (AvgIpc) is 2.49. The van der Waals surface area contributed by atoms with Crippen molar-refractivity contribution in [2.75, 3.05) is 5.32 Å². The minimum absolute atomic E-state index is 0.184. The largest absolute Gasteiger partial charge is 0.356 e. The van der Waals surface area contributed by atoms with Crippen molar-refractivity contribution in [3.05, 3.63) is 65.2 Å². The topological polar surface area (TPSA) is 24.1 Å². The zero-order valence-corrected chi connectivity index (χ0v) is 14.4. The Kier molecular flexibility index (Phi) is 6.22. The van der Waals surface area contributed by atoms with Gasteiger partial charge in [-0.2, -0.15) is 0 Å². The third-order valence-corrected chi connectivity index (χ3v) is 3.89. The van der Waals surface area contributed by atoms with Crippen molar-refractivity contribution in [3.63, 3.8) is 0 Å². The molecule has 2 aromatic carbocycles. The highest BCUT2D eigenvalue weighted by atomic mass is 35.5. The molecule has 0 fully saturated rings. The summed E-state index contributed by atoms with van der Waals surface area (Å²) in [5.41, 5.74) is 2.05. The summed E-state index contributed by atoms with van der Waals surface area (Å²) in [6.07, 6.45) is 1.01. The van der Waals surface area contributed by atoms with Crippen LogP contribution >= 0.6 is 23.8 Å². The molecular formula is C18H21ClN2S. The fourth-order valence-corrected chi connectivity index (χ4v) is 2.75. The maximum Gasteiger partial charge on any atom is 0.171 e. The first kappa shape index (κ1) is 16.8. The monoisotopic (exact) mass is 332 g/mol. The van der Waals surface area contributed by atoms with E-state index in [4.69, 9.17) is 23.8 Å². The van der Waals surface area contributed by atoms with Gasteiger partial charge in [-0.05, 0) is 42.3 Å². The number of para-hydroxylation sites is 1. The summed E-state index contributed by atoms with van der Waals surface area (Å²) in [5.74, 6) is 0.570. The number of thiocarbonyl (C=S) groups is 1. The number of benzene rings is 2. The molecule has 0 radical (unpaired) electrons. The maximum atomic E-state index is 6.16. The Morgan fingerprint density at radius 3 is 2.32 bits per heavy atom. The molecule has 0 aliphatic rings. The predicted molar refractivity (Wildman–Crippen MR) is 99.4 cm³/mol. The first-order valence-electron chi connectivity index (χ1n) is 7.43. The van der Waals surface area contributed by atoms with Gasteiger partial charge in [0.15, 0.2) is 5.11 Å². The molecule has 0 saturated carbocycles. The van der Waals surface area contributed by atoms with Crippen molar-refractivity contribution in [3.8, 4) is 0 Å². The average molecular weight is 333 g/mol. The van der Waals surface area contributed by atoms with Gasteiger partial charge in [-0.15, -0.1) is 0 Å².